The van der Waals surface area contributed by atoms with Gasteiger partial charge < -0.3 is 10.6 Å². The Kier molecular flexibility index (Phi) is 7.21. The van der Waals surface area contributed by atoms with Crippen molar-refractivity contribution in [1.29, 1.82) is 0 Å². The summed E-state index contributed by atoms with van der Waals surface area (Å²) >= 11 is 2.00. The van der Waals surface area contributed by atoms with E-state index in [-0.39, 0.29) is 11.8 Å². The third-order valence-electron chi connectivity index (χ3n) is 5.26. The molecule has 6 heteroatoms. The van der Waals surface area contributed by atoms with Crippen LogP contribution in [0.15, 0.2) is 42.5 Å². The summed E-state index contributed by atoms with van der Waals surface area (Å²) < 4.78 is 0. The molecule has 1 heterocycles. The summed E-state index contributed by atoms with van der Waals surface area (Å²) in [4.78, 5) is 27.6. The maximum Gasteiger partial charge on any atom is 0.255 e. The zero-order valence-electron chi connectivity index (χ0n) is 18.2. The number of nitrogens with one attached hydrogen (secondary N) is 2. The summed E-state index contributed by atoms with van der Waals surface area (Å²) in [5.74, 6) is 2.09. The zero-order valence-corrected chi connectivity index (χ0v) is 19.1. The molecule has 30 heavy (non-hydrogen) atoms. The highest BCUT2D eigenvalue weighted by Gasteiger charge is 2.21. The van der Waals surface area contributed by atoms with Crippen LogP contribution in [0.25, 0.3) is 0 Å². The number of rotatable bonds is 5. The first-order chi connectivity index (χ1) is 14.2. The van der Waals surface area contributed by atoms with Crippen LogP contribution in [0.2, 0.25) is 0 Å². The zero-order chi connectivity index (χ0) is 21.7. The van der Waals surface area contributed by atoms with Crippen LogP contribution in [0.4, 0.5) is 11.4 Å². The summed E-state index contributed by atoms with van der Waals surface area (Å²) in [6.45, 7) is 10.8. The molecule has 2 amide bonds. The van der Waals surface area contributed by atoms with E-state index in [1.54, 1.807) is 24.3 Å². The van der Waals surface area contributed by atoms with Gasteiger partial charge in [0, 0.05) is 53.5 Å². The van der Waals surface area contributed by atoms with Gasteiger partial charge in [-0.2, -0.15) is 11.8 Å². The number of anilines is 2. The van der Waals surface area contributed by atoms with Crippen molar-refractivity contribution < 1.29 is 9.59 Å². The van der Waals surface area contributed by atoms with Crippen molar-refractivity contribution in [2.75, 3.05) is 35.2 Å². The molecule has 0 aliphatic carbocycles. The van der Waals surface area contributed by atoms with E-state index < -0.39 is 5.41 Å². The largest absolute Gasteiger partial charge is 0.326 e. The highest BCUT2D eigenvalue weighted by Crippen LogP contribution is 2.23. The molecular formula is C24H31N3O2S. The molecule has 1 aliphatic rings. The van der Waals surface area contributed by atoms with Gasteiger partial charge in [0.2, 0.25) is 5.91 Å². The fraction of sp³-hybridized carbons (Fsp3) is 0.417. The molecule has 0 radical (unpaired) electrons. The Morgan fingerprint density at radius 3 is 2.43 bits per heavy atom. The third-order valence-corrected chi connectivity index (χ3v) is 6.20. The van der Waals surface area contributed by atoms with Gasteiger partial charge in [-0.15, -0.1) is 0 Å². The average Bonchev–Trinajstić information content (AvgIpc) is 2.71. The number of amides is 2. The Morgan fingerprint density at radius 2 is 1.73 bits per heavy atom. The molecule has 0 unspecified atom stereocenters. The van der Waals surface area contributed by atoms with Gasteiger partial charge in [0.1, 0.15) is 0 Å². The van der Waals surface area contributed by atoms with E-state index in [4.69, 9.17) is 0 Å². The molecule has 1 fully saturated rings. The van der Waals surface area contributed by atoms with Crippen molar-refractivity contribution in [3.05, 3.63) is 59.2 Å². The Bertz CT molecular complexity index is 915. The molecule has 160 valence electrons. The van der Waals surface area contributed by atoms with E-state index in [1.807, 2.05) is 44.7 Å². The summed E-state index contributed by atoms with van der Waals surface area (Å²) in [6, 6.07) is 13.1. The summed E-state index contributed by atoms with van der Waals surface area (Å²) in [7, 11) is 0. The normalized spacial score (nSPS) is 14.9. The monoisotopic (exact) mass is 425 g/mol. The van der Waals surface area contributed by atoms with Gasteiger partial charge in [-0.1, -0.05) is 39.0 Å². The maximum absolute atomic E-state index is 12.9. The van der Waals surface area contributed by atoms with E-state index in [0.29, 0.717) is 11.3 Å². The van der Waals surface area contributed by atoms with Crippen LogP contribution in [0.5, 0.6) is 0 Å². The minimum Gasteiger partial charge on any atom is -0.326 e. The lowest BCUT2D eigenvalue weighted by Crippen LogP contribution is -2.32. The molecule has 0 bridgehead atoms. The summed E-state index contributed by atoms with van der Waals surface area (Å²) in [5.41, 5.74) is 3.80. The molecule has 0 spiro atoms. The summed E-state index contributed by atoms with van der Waals surface area (Å²) in [5, 5.41) is 5.92. The number of carbonyl (C=O) groups is 2. The van der Waals surface area contributed by atoms with Gasteiger partial charge in [0.15, 0.2) is 0 Å². The topological polar surface area (TPSA) is 61.4 Å². The number of carbonyl (C=O) groups excluding carboxylic acids is 2. The number of benzene rings is 2. The predicted molar refractivity (Wildman–Crippen MR) is 126 cm³/mol. The number of nitrogens with zero attached hydrogens (tertiary/aromatic N) is 1. The van der Waals surface area contributed by atoms with Crippen molar-refractivity contribution in [3.8, 4) is 0 Å². The molecule has 1 saturated heterocycles. The minimum absolute atomic E-state index is 0.0836. The molecule has 2 aromatic rings. The van der Waals surface area contributed by atoms with E-state index >= 15 is 0 Å². The van der Waals surface area contributed by atoms with E-state index in [1.165, 1.54) is 17.1 Å². The van der Waals surface area contributed by atoms with E-state index in [9.17, 15) is 9.59 Å². The molecule has 2 N–H and O–H groups in total. The summed E-state index contributed by atoms with van der Waals surface area (Å²) in [6.07, 6.45) is 0. The molecule has 0 atom stereocenters. The Hall–Kier alpha value is -2.31. The lowest BCUT2D eigenvalue weighted by atomic mass is 9.95. The standard InChI is InChI=1S/C24H31N3O2S/c1-17-19(16-27-11-13-30-14-12-27)8-6-10-21(17)26-22(28)18-7-5-9-20(15-18)25-23(29)24(2,3)4/h5-10,15H,11-14,16H2,1-4H3,(H,25,29)(H,26,28). The van der Waals surface area contributed by atoms with Crippen LogP contribution in [0.1, 0.15) is 42.3 Å². The predicted octanol–water partition coefficient (Wildman–Crippen LogP) is 4.78. The highest BCUT2D eigenvalue weighted by molar-refractivity contribution is 7.99. The average molecular weight is 426 g/mol. The fourth-order valence-corrected chi connectivity index (χ4v) is 4.22. The van der Waals surface area contributed by atoms with Crippen molar-refractivity contribution >= 4 is 35.0 Å². The molecule has 3 rings (SSSR count). The second-order valence-corrected chi connectivity index (χ2v) is 9.94. The second-order valence-electron chi connectivity index (χ2n) is 8.72. The first-order valence-electron chi connectivity index (χ1n) is 10.4. The molecule has 0 aromatic heterocycles. The van der Waals surface area contributed by atoms with E-state index in [2.05, 4.69) is 28.5 Å². The number of thioether (sulfide) groups is 1. The highest BCUT2D eigenvalue weighted by atomic mass is 32.2. The first kappa shape index (κ1) is 22.4. The van der Waals surface area contributed by atoms with Gasteiger partial charge in [-0.25, -0.2) is 0 Å². The van der Waals surface area contributed by atoms with Crippen molar-refractivity contribution in [1.82, 2.24) is 4.90 Å². The van der Waals surface area contributed by atoms with Crippen LogP contribution >= 0.6 is 11.8 Å². The Labute approximate surface area is 183 Å². The fourth-order valence-electron chi connectivity index (χ4n) is 3.24. The van der Waals surface area contributed by atoms with Gasteiger partial charge in [0.05, 0.1) is 0 Å². The number of hydrogen-bond donors (Lipinski definition) is 2. The van der Waals surface area contributed by atoms with Gasteiger partial charge in [-0.05, 0) is 42.3 Å². The number of hydrogen-bond acceptors (Lipinski definition) is 4. The molecular weight excluding hydrogens is 394 g/mol. The molecule has 1 aliphatic heterocycles. The lowest BCUT2D eigenvalue weighted by Gasteiger charge is -2.27. The molecule has 5 nitrogen and oxygen atoms in total. The quantitative estimate of drug-likeness (QED) is 0.724. The Morgan fingerprint density at radius 1 is 1.03 bits per heavy atom. The van der Waals surface area contributed by atoms with Crippen molar-refractivity contribution in [2.24, 2.45) is 5.41 Å². The molecule has 0 saturated carbocycles. The maximum atomic E-state index is 12.9. The van der Waals surface area contributed by atoms with Gasteiger partial charge in [0.25, 0.3) is 5.91 Å². The minimum atomic E-state index is -0.497. The third kappa shape index (κ3) is 5.86. The SMILES string of the molecule is Cc1c(CN2CCSCC2)cccc1NC(=O)c1cccc(NC(=O)C(C)(C)C)c1. The second kappa shape index (κ2) is 9.67. The first-order valence-corrected chi connectivity index (χ1v) is 11.5. The lowest BCUT2D eigenvalue weighted by molar-refractivity contribution is -0.123. The van der Waals surface area contributed by atoms with Crippen molar-refractivity contribution in [3.63, 3.8) is 0 Å². The van der Waals surface area contributed by atoms with Crippen LogP contribution in [0, 0.1) is 12.3 Å². The van der Waals surface area contributed by atoms with Crippen LogP contribution in [-0.2, 0) is 11.3 Å². The van der Waals surface area contributed by atoms with Crippen LogP contribution in [0.3, 0.4) is 0 Å². The Balaban J connectivity index is 1.71. The van der Waals surface area contributed by atoms with Gasteiger partial charge >= 0.3 is 0 Å². The van der Waals surface area contributed by atoms with Gasteiger partial charge in [-0.3, -0.25) is 14.5 Å². The smallest absolute Gasteiger partial charge is 0.255 e. The molecule has 2 aromatic carbocycles. The van der Waals surface area contributed by atoms with Crippen LogP contribution in [-0.4, -0.2) is 41.3 Å². The van der Waals surface area contributed by atoms with Crippen LogP contribution < -0.4 is 10.6 Å². The van der Waals surface area contributed by atoms with Crippen molar-refractivity contribution in [2.45, 2.75) is 34.2 Å². The van der Waals surface area contributed by atoms with E-state index in [0.717, 1.165) is 30.9 Å².